The van der Waals surface area contributed by atoms with Crippen molar-refractivity contribution in [3.63, 3.8) is 0 Å². The molecule has 0 aliphatic heterocycles. The van der Waals surface area contributed by atoms with E-state index in [1.54, 1.807) is 11.3 Å². The summed E-state index contributed by atoms with van der Waals surface area (Å²) in [6.45, 7) is 0. The lowest BCUT2D eigenvalue weighted by Crippen LogP contribution is -2.05. The van der Waals surface area contributed by atoms with E-state index in [1.165, 1.54) is 4.50 Å². The van der Waals surface area contributed by atoms with Crippen molar-refractivity contribution in [2.24, 2.45) is 0 Å². The summed E-state index contributed by atoms with van der Waals surface area (Å²) in [5.74, 6) is 0. The molecule has 0 saturated heterocycles. The Morgan fingerprint density at radius 3 is 2.86 bits per heavy atom. The molecule has 0 aliphatic carbocycles. The average molecular weight is 130 g/mol. The first-order valence-corrected chi connectivity index (χ1v) is 4.28. The van der Waals surface area contributed by atoms with E-state index in [2.05, 4.69) is 0 Å². The molecule has 1 N–H and O–H groups in total. The lowest BCUT2D eigenvalue weighted by Gasteiger charge is -1.76. The predicted octanol–water partition coefficient (Wildman–Crippen LogP) is -0.550. The Morgan fingerprint density at radius 1 is 1.71 bits per heavy atom. The van der Waals surface area contributed by atoms with E-state index in [0.717, 1.165) is 0 Å². The zero-order valence-electron chi connectivity index (χ0n) is 3.79. The van der Waals surface area contributed by atoms with Crippen LogP contribution in [0.25, 0.3) is 0 Å². The molecule has 0 unspecified atom stereocenters. The summed E-state index contributed by atoms with van der Waals surface area (Å²) in [6.07, 6.45) is 0. The first-order valence-electron chi connectivity index (χ1n) is 2.06. The Bertz CT molecular complexity index is 126. The fourth-order valence-electron chi connectivity index (χ4n) is 0.403. The Hall–Kier alpha value is -0.123. The SMILES string of the molecule is O[SiH2]c1cccs1. The minimum atomic E-state index is -0.848. The Balaban J connectivity index is 2.76. The minimum absolute atomic E-state index is 0.848. The van der Waals surface area contributed by atoms with Crippen LogP contribution in [-0.4, -0.2) is 14.6 Å². The molecule has 0 bridgehead atoms. The molecule has 0 saturated carbocycles. The number of thiophene rings is 1. The molecule has 1 heterocycles. The van der Waals surface area contributed by atoms with Crippen LogP contribution in [0.3, 0.4) is 0 Å². The first kappa shape index (κ1) is 5.02. The third kappa shape index (κ3) is 1.12. The van der Waals surface area contributed by atoms with Crippen molar-refractivity contribution in [3.05, 3.63) is 17.5 Å². The van der Waals surface area contributed by atoms with Crippen LogP contribution in [0.4, 0.5) is 0 Å². The fraction of sp³-hybridized carbons (Fsp3) is 0. The maximum Gasteiger partial charge on any atom is 0.198 e. The van der Waals surface area contributed by atoms with Gasteiger partial charge in [0.25, 0.3) is 0 Å². The van der Waals surface area contributed by atoms with Crippen molar-refractivity contribution in [1.82, 2.24) is 0 Å². The molecule has 0 radical (unpaired) electrons. The molecule has 0 spiro atoms. The second-order valence-electron chi connectivity index (χ2n) is 1.24. The molecule has 7 heavy (non-hydrogen) atoms. The molecular formula is C4H6OSSi. The normalized spacial score (nSPS) is 11.0. The summed E-state index contributed by atoms with van der Waals surface area (Å²) in [7, 11) is -0.848. The highest BCUT2D eigenvalue weighted by Gasteiger charge is 1.85. The van der Waals surface area contributed by atoms with Crippen molar-refractivity contribution in [3.8, 4) is 0 Å². The second kappa shape index (κ2) is 2.25. The molecule has 1 aromatic rings. The summed E-state index contributed by atoms with van der Waals surface area (Å²) in [4.78, 5) is 8.58. The summed E-state index contributed by atoms with van der Waals surface area (Å²) in [5.41, 5.74) is 0. The van der Waals surface area contributed by atoms with E-state index in [1.807, 2.05) is 17.5 Å². The van der Waals surface area contributed by atoms with Crippen LogP contribution in [0.2, 0.25) is 0 Å². The summed E-state index contributed by atoms with van der Waals surface area (Å²) in [6, 6.07) is 3.93. The first-order chi connectivity index (χ1) is 3.43. The molecular weight excluding hydrogens is 124 g/mol. The van der Waals surface area contributed by atoms with Gasteiger partial charge in [0.15, 0.2) is 9.76 Å². The Morgan fingerprint density at radius 2 is 2.57 bits per heavy atom. The topological polar surface area (TPSA) is 20.2 Å². The van der Waals surface area contributed by atoms with Crippen LogP contribution >= 0.6 is 11.3 Å². The summed E-state index contributed by atoms with van der Waals surface area (Å²) in [5, 5.41) is 1.98. The molecule has 1 rings (SSSR count). The quantitative estimate of drug-likeness (QED) is 0.506. The van der Waals surface area contributed by atoms with E-state index in [-0.39, 0.29) is 0 Å². The van der Waals surface area contributed by atoms with Crippen LogP contribution in [-0.2, 0) is 0 Å². The number of hydrogen-bond donors (Lipinski definition) is 1. The molecule has 38 valence electrons. The monoisotopic (exact) mass is 130 g/mol. The van der Waals surface area contributed by atoms with Gasteiger partial charge in [-0.15, -0.1) is 0 Å². The molecule has 0 aromatic carbocycles. The van der Waals surface area contributed by atoms with Gasteiger partial charge < -0.3 is 4.80 Å². The number of rotatable bonds is 1. The van der Waals surface area contributed by atoms with Gasteiger partial charge in [-0.2, -0.15) is 11.3 Å². The van der Waals surface area contributed by atoms with Crippen molar-refractivity contribution in [1.29, 1.82) is 0 Å². The maximum atomic E-state index is 8.58. The van der Waals surface area contributed by atoms with Crippen LogP contribution in [0.1, 0.15) is 0 Å². The molecule has 1 nitrogen and oxygen atoms in total. The highest BCUT2D eigenvalue weighted by Crippen LogP contribution is 1.89. The molecule has 0 fully saturated rings. The van der Waals surface area contributed by atoms with Gasteiger partial charge in [0.2, 0.25) is 0 Å². The highest BCUT2D eigenvalue weighted by atomic mass is 32.1. The van der Waals surface area contributed by atoms with Gasteiger partial charge in [0.05, 0.1) is 0 Å². The lowest BCUT2D eigenvalue weighted by atomic mass is 10.7. The van der Waals surface area contributed by atoms with Crippen LogP contribution in [0.5, 0.6) is 0 Å². The van der Waals surface area contributed by atoms with Crippen molar-refractivity contribution >= 4 is 25.6 Å². The van der Waals surface area contributed by atoms with Gasteiger partial charge >= 0.3 is 0 Å². The maximum absolute atomic E-state index is 8.58. The molecule has 0 amide bonds. The van der Waals surface area contributed by atoms with Crippen molar-refractivity contribution in [2.45, 2.75) is 0 Å². The van der Waals surface area contributed by atoms with Gasteiger partial charge in [-0.25, -0.2) is 0 Å². The summed E-state index contributed by atoms with van der Waals surface area (Å²) < 4.78 is 1.17. The Labute approximate surface area is 48.6 Å². The summed E-state index contributed by atoms with van der Waals surface area (Å²) >= 11 is 1.63. The van der Waals surface area contributed by atoms with Gasteiger partial charge in [-0.05, 0) is 5.38 Å². The van der Waals surface area contributed by atoms with E-state index in [9.17, 15) is 0 Å². The molecule has 0 aliphatic rings. The zero-order valence-corrected chi connectivity index (χ0v) is 6.03. The van der Waals surface area contributed by atoms with Crippen LogP contribution in [0.15, 0.2) is 17.5 Å². The second-order valence-corrected chi connectivity index (χ2v) is 3.86. The van der Waals surface area contributed by atoms with E-state index >= 15 is 0 Å². The smallest absolute Gasteiger partial charge is 0.198 e. The van der Waals surface area contributed by atoms with Gasteiger partial charge in [0.1, 0.15) is 0 Å². The predicted molar refractivity (Wildman–Crippen MR) is 34.7 cm³/mol. The molecule has 1 aromatic heterocycles. The van der Waals surface area contributed by atoms with E-state index in [4.69, 9.17) is 4.80 Å². The van der Waals surface area contributed by atoms with Gasteiger partial charge in [-0.1, -0.05) is 12.1 Å². The standard InChI is InChI=1S/C4H6OSSi/c5-7-4-2-1-3-6-4/h1-3,5H,7H2. The minimum Gasteiger partial charge on any atom is -0.432 e. The number of hydrogen-bond acceptors (Lipinski definition) is 2. The highest BCUT2D eigenvalue weighted by molar-refractivity contribution is 7.19. The lowest BCUT2D eigenvalue weighted by molar-refractivity contribution is 0.616. The van der Waals surface area contributed by atoms with Crippen LogP contribution in [0, 0.1) is 0 Å². The third-order valence-electron chi connectivity index (χ3n) is 0.736. The van der Waals surface area contributed by atoms with Gasteiger partial charge in [-0.3, -0.25) is 0 Å². The molecule has 0 atom stereocenters. The van der Waals surface area contributed by atoms with E-state index in [0.29, 0.717) is 0 Å². The molecule has 3 heteroatoms. The van der Waals surface area contributed by atoms with Crippen LogP contribution < -0.4 is 4.50 Å². The largest absolute Gasteiger partial charge is 0.432 e. The van der Waals surface area contributed by atoms with E-state index < -0.39 is 9.76 Å². The zero-order chi connectivity index (χ0) is 5.11. The third-order valence-corrected chi connectivity index (χ3v) is 2.90. The van der Waals surface area contributed by atoms with Gasteiger partial charge in [0, 0.05) is 4.50 Å². The Kier molecular flexibility index (Phi) is 1.62. The fourth-order valence-corrected chi connectivity index (χ4v) is 1.72. The van der Waals surface area contributed by atoms with Crippen molar-refractivity contribution in [2.75, 3.05) is 0 Å². The van der Waals surface area contributed by atoms with Crippen molar-refractivity contribution < 1.29 is 4.80 Å². The average Bonchev–Trinajstić information content (AvgIpc) is 2.14.